The molecule has 1 unspecified atom stereocenters. The Balaban J connectivity index is 2.15. The molecule has 3 nitrogen and oxygen atoms in total. The lowest BCUT2D eigenvalue weighted by atomic mass is 10.1. The summed E-state index contributed by atoms with van der Waals surface area (Å²) in [5, 5.41) is 0. The van der Waals surface area contributed by atoms with Crippen molar-refractivity contribution in [2.24, 2.45) is 5.73 Å². The van der Waals surface area contributed by atoms with Gasteiger partial charge in [-0.25, -0.2) is 4.39 Å². The van der Waals surface area contributed by atoms with Crippen LogP contribution in [-0.4, -0.2) is 7.11 Å². The molecule has 0 aliphatic rings. The molecule has 5 heteroatoms. The van der Waals surface area contributed by atoms with E-state index in [1.54, 1.807) is 19.2 Å². The predicted molar refractivity (Wildman–Crippen MR) is 84.0 cm³/mol. The highest BCUT2D eigenvalue weighted by atomic mass is 79.9. The van der Waals surface area contributed by atoms with E-state index in [4.69, 9.17) is 15.2 Å². The van der Waals surface area contributed by atoms with Crippen LogP contribution in [-0.2, 0) is 6.61 Å². The first-order valence-corrected chi connectivity index (χ1v) is 7.31. The summed E-state index contributed by atoms with van der Waals surface area (Å²) in [4.78, 5) is 0. The molecule has 0 fully saturated rings. The second kappa shape index (κ2) is 6.91. The largest absolute Gasteiger partial charge is 0.496 e. The molecular formula is C16H17BrFNO2. The highest BCUT2D eigenvalue weighted by Crippen LogP contribution is 2.26. The number of hydrogen-bond acceptors (Lipinski definition) is 3. The first-order chi connectivity index (χ1) is 10.0. The molecule has 0 aliphatic carbocycles. The van der Waals surface area contributed by atoms with Crippen LogP contribution in [0.4, 0.5) is 4.39 Å². The van der Waals surface area contributed by atoms with Crippen molar-refractivity contribution < 1.29 is 13.9 Å². The van der Waals surface area contributed by atoms with Crippen LogP contribution in [0.1, 0.15) is 24.1 Å². The van der Waals surface area contributed by atoms with Gasteiger partial charge in [-0.2, -0.15) is 0 Å². The second-order valence-corrected chi connectivity index (χ2v) is 5.64. The van der Waals surface area contributed by atoms with Gasteiger partial charge < -0.3 is 15.2 Å². The molecular weight excluding hydrogens is 337 g/mol. The van der Waals surface area contributed by atoms with Crippen molar-refractivity contribution in [2.75, 3.05) is 7.11 Å². The topological polar surface area (TPSA) is 44.5 Å². The third-order valence-electron chi connectivity index (χ3n) is 3.11. The second-order valence-electron chi connectivity index (χ2n) is 4.72. The Kier molecular flexibility index (Phi) is 5.20. The summed E-state index contributed by atoms with van der Waals surface area (Å²) in [5.41, 5.74) is 7.29. The third kappa shape index (κ3) is 3.95. The van der Waals surface area contributed by atoms with Gasteiger partial charge in [0.2, 0.25) is 0 Å². The molecule has 0 saturated heterocycles. The van der Waals surface area contributed by atoms with E-state index in [0.717, 1.165) is 15.6 Å². The van der Waals surface area contributed by atoms with Crippen molar-refractivity contribution in [3.63, 3.8) is 0 Å². The van der Waals surface area contributed by atoms with Gasteiger partial charge in [0.05, 0.1) is 7.11 Å². The lowest BCUT2D eigenvalue weighted by Gasteiger charge is -2.12. The van der Waals surface area contributed by atoms with Gasteiger partial charge in [-0.1, -0.05) is 22.0 Å². The number of methoxy groups -OCH3 is 1. The Hall–Kier alpha value is -1.59. The van der Waals surface area contributed by atoms with Crippen LogP contribution in [0.2, 0.25) is 0 Å². The Bertz CT molecular complexity index is 632. The summed E-state index contributed by atoms with van der Waals surface area (Å²) in [6.45, 7) is 2.03. The number of halogens is 2. The zero-order valence-electron chi connectivity index (χ0n) is 11.9. The minimum Gasteiger partial charge on any atom is -0.496 e. The lowest BCUT2D eigenvalue weighted by Crippen LogP contribution is -2.06. The molecule has 0 bridgehead atoms. The van der Waals surface area contributed by atoms with Crippen LogP contribution in [0.3, 0.4) is 0 Å². The van der Waals surface area contributed by atoms with Crippen LogP contribution >= 0.6 is 15.9 Å². The number of benzene rings is 2. The minimum absolute atomic E-state index is 0.196. The number of hydrogen-bond donors (Lipinski definition) is 1. The summed E-state index contributed by atoms with van der Waals surface area (Å²) in [7, 11) is 1.59. The molecule has 2 aromatic carbocycles. The smallest absolute Gasteiger partial charge is 0.165 e. The molecule has 2 aromatic rings. The molecule has 0 amide bonds. The van der Waals surface area contributed by atoms with Gasteiger partial charge in [-0.05, 0) is 42.8 Å². The monoisotopic (exact) mass is 353 g/mol. The average molecular weight is 354 g/mol. The Labute approximate surface area is 132 Å². The van der Waals surface area contributed by atoms with Gasteiger partial charge in [0, 0.05) is 16.1 Å². The van der Waals surface area contributed by atoms with E-state index in [0.29, 0.717) is 5.75 Å². The summed E-state index contributed by atoms with van der Waals surface area (Å²) < 4.78 is 25.7. The van der Waals surface area contributed by atoms with Gasteiger partial charge >= 0.3 is 0 Å². The first-order valence-electron chi connectivity index (χ1n) is 6.51. The molecule has 21 heavy (non-hydrogen) atoms. The number of ether oxygens (including phenoxy) is 2. The van der Waals surface area contributed by atoms with Crippen LogP contribution in [0.25, 0.3) is 0 Å². The zero-order chi connectivity index (χ0) is 15.4. The van der Waals surface area contributed by atoms with Crippen molar-refractivity contribution in [3.8, 4) is 11.5 Å². The Morgan fingerprint density at radius 3 is 2.52 bits per heavy atom. The molecule has 0 heterocycles. The number of rotatable bonds is 5. The standard InChI is InChI=1S/C16H17BrFNO2/c1-10(19)11-3-5-16(14(18)8-11)21-9-12-7-13(17)4-6-15(12)20-2/h3-8,10H,9,19H2,1-2H3. The van der Waals surface area contributed by atoms with E-state index in [2.05, 4.69) is 15.9 Å². The fourth-order valence-electron chi connectivity index (χ4n) is 1.93. The predicted octanol–water partition coefficient (Wildman–Crippen LogP) is 4.20. The highest BCUT2D eigenvalue weighted by Gasteiger charge is 2.09. The number of nitrogens with two attached hydrogens (primary N) is 1. The molecule has 0 aromatic heterocycles. The maximum Gasteiger partial charge on any atom is 0.165 e. The summed E-state index contributed by atoms with van der Waals surface area (Å²) >= 11 is 3.39. The van der Waals surface area contributed by atoms with Crippen molar-refractivity contribution in [1.82, 2.24) is 0 Å². The van der Waals surface area contributed by atoms with Crippen molar-refractivity contribution in [2.45, 2.75) is 19.6 Å². The summed E-state index contributed by atoms with van der Waals surface area (Å²) in [5.74, 6) is 0.478. The molecule has 112 valence electrons. The quantitative estimate of drug-likeness (QED) is 0.876. The van der Waals surface area contributed by atoms with Gasteiger partial charge in [-0.3, -0.25) is 0 Å². The molecule has 0 spiro atoms. The van der Waals surface area contributed by atoms with Crippen molar-refractivity contribution in [3.05, 3.63) is 57.8 Å². The van der Waals surface area contributed by atoms with E-state index in [1.807, 2.05) is 25.1 Å². The summed E-state index contributed by atoms with van der Waals surface area (Å²) in [6.07, 6.45) is 0. The van der Waals surface area contributed by atoms with E-state index in [9.17, 15) is 4.39 Å². The van der Waals surface area contributed by atoms with Gasteiger partial charge in [-0.15, -0.1) is 0 Å². The molecule has 0 radical (unpaired) electrons. The first kappa shape index (κ1) is 15.8. The SMILES string of the molecule is COc1ccc(Br)cc1COc1ccc(C(C)N)cc1F. The molecule has 0 aliphatic heterocycles. The van der Waals surface area contributed by atoms with Crippen LogP contribution in [0, 0.1) is 5.82 Å². The average Bonchev–Trinajstić information content (AvgIpc) is 2.46. The molecule has 0 saturated carbocycles. The van der Waals surface area contributed by atoms with Crippen LogP contribution < -0.4 is 15.2 Å². The van der Waals surface area contributed by atoms with Crippen molar-refractivity contribution >= 4 is 15.9 Å². The van der Waals surface area contributed by atoms with Crippen LogP contribution in [0.5, 0.6) is 11.5 Å². The molecule has 1 atom stereocenters. The fourth-order valence-corrected chi connectivity index (χ4v) is 2.34. The van der Waals surface area contributed by atoms with E-state index < -0.39 is 5.82 Å². The minimum atomic E-state index is -0.418. The fraction of sp³-hybridized carbons (Fsp3) is 0.250. The normalized spacial score (nSPS) is 12.0. The molecule has 2 rings (SSSR count). The van der Waals surface area contributed by atoms with E-state index >= 15 is 0 Å². The van der Waals surface area contributed by atoms with Crippen LogP contribution in [0.15, 0.2) is 40.9 Å². The van der Waals surface area contributed by atoms with Gasteiger partial charge in [0.1, 0.15) is 12.4 Å². The maximum absolute atomic E-state index is 14.0. The van der Waals surface area contributed by atoms with E-state index in [-0.39, 0.29) is 18.4 Å². The highest BCUT2D eigenvalue weighted by molar-refractivity contribution is 9.10. The van der Waals surface area contributed by atoms with Crippen molar-refractivity contribution in [1.29, 1.82) is 0 Å². The van der Waals surface area contributed by atoms with E-state index in [1.165, 1.54) is 6.07 Å². The summed E-state index contributed by atoms with van der Waals surface area (Å²) in [6, 6.07) is 10.1. The lowest BCUT2D eigenvalue weighted by molar-refractivity contribution is 0.282. The Morgan fingerprint density at radius 1 is 1.19 bits per heavy atom. The van der Waals surface area contributed by atoms with Gasteiger partial charge in [0.25, 0.3) is 0 Å². The maximum atomic E-state index is 14.0. The third-order valence-corrected chi connectivity index (χ3v) is 3.60. The van der Waals surface area contributed by atoms with Gasteiger partial charge in [0.15, 0.2) is 11.6 Å². The Morgan fingerprint density at radius 2 is 1.90 bits per heavy atom. The molecule has 2 N–H and O–H groups in total. The zero-order valence-corrected chi connectivity index (χ0v) is 13.5.